The second-order valence-electron chi connectivity index (χ2n) is 8.92. The SMILES string of the molecule is CCC(c1ccc(N/C(=C2\C(=O)Nc3ccc([N+](=O)[O-])cc32)c2ccccc2)cc1)N1CCCC1=O. The van der Waals surface area contributed by atoms with E-state index in [0.717, 1.165) is 36.2 Å². The maximum absolute atomic E-state index is 13.1. The summed E-state index contributed by atoms with van der Waals surface area (Å²) in [6.45, 7) is 2.86. The number of nitro groups is 1. The first-order valence-electron chi connectivity index (χ1n) is 12.0. The summed E-state index contributed by atoms with van der Waals surface area (Å²) >= 11 is 0. The summed E-state index contributed by atoms with van der Waals surface area (Å²) in [5.74, 6) is -0.132. The van der Waals surface area contributed by atoms with E-state index in [1.807, 2.05) is 59.5 Å². The quantitative estimate of drug-likeness (QED) is 0.259. The molecule has 5 rings (SSSR count). The first-order valence-corrected chi connectivity index (χ1v) is 12.0. The summed E-state index contributed by atoms with van der Waals surface area (Å²) in [6.07, 6.45) is 2.32. The van der Waals surface area contributed by atoms with Crippen molar-refractivity contribution in [3.63, 3.8) is 0 Å². The molecule has 36 heavy (non-hydrogen) atoms. The predicted octanol–water partition coefficient (Wildman–Crippen LogP) is 5.60. The summed E-state index contributed by atoms with van der Waals surface area (Å²) in [6, 6.07) is 21.7. The maximum Gasteiger partial charge on any atom is 0.270 e. The zero-order valence-electron chi connectivity index (χ0n) is 19.9. The molecule has 3 aromatic rings. The second kappa shape index (κ2) is 9.65. The van der Waals surface area contributed by atoms with Gasteiger partial charge in [-0.25, -0.2) is 0 Å². The van der Waals surface area contributed by atoms with Crippen LogP contribution in [-0.2, 0) is 9.59 Å². The highest BCUT2D eigenvalue weighted by atomic mass is 16.6. The molecule has 0 aliphatic carbocycles. The molecule has 2 heterocycles. The molecule has 8 heteroatoms. The highest BCUT2D eigenvalue weighted by Gasteiger charge is 2.31. The van der Waals surface area contributed by atoms with E-state index in [9.17, 15) is 19.7 Å². The Kier molecular flexibility index (Phi) is 6.25. The van der Waals surface area contributed by atoms with E-state index < -0.39 is 4.92 Å². The number of carbonyl (C=O) groups excluding carboxylic acids is 2. The van der Waals surface area contributed by atoms with Crippen LogP contribution in [0.3, 0.4) is 0 Å². The molecular weight excluding hydrogens is 456 g/mol. The first-order chi connectivity index (χ1) is 17.5. The second-order valence-corrected chi connectivity index (χ2v) is 8.92. The Balaban J connectivity index is 1.54. The molecule has 0 bridgehead atoms. The summed E-state index contributed by atoms with van der Waals surface area (Å²) < 4.78 is 0. The molecule has 1 atom stereocenters. The molecule has 0 spiro atoms. The van der Waals surface area contributed by atoms with Crippen LogP contribution in [0.2, 0.25) is 0 Å². The summed E-state index contributed by atoms with van der Waals surface area (Å²) in [5, 5.41) is 17.6. The van der Waals surface area contributed by atoms with Gasteiger partial charge >= 0.3 is 0 Å². The largest absolute Gasteiger partial charge is 0.354 e. The van der Waals surface area contributed by atoms with Gasteiger partial charge in [0.05, 0.1) is 22.2 Å². The van der Waals surface area contributed by atoms with E-state index >= 15 is 0 Å². The van der Waals surface area contributed by atoms with Crippen LogP contribution >= 0.6 is 0 Å². The number of nitro benzene ring substituents is 1. The fourth-order valence-corrected chi connectivity index (χ4v) is 4.97. The van der Waals surface area contributed by atoms with Crippen molar-refractivity contribution >= 4 is 40.1 Å². The highest BCUT2D eigenvalue weighted by molar-refractivity contribution is 6.37. The molecule has 0 radical (unpaired) electrons. The van der Waals surface area contributed by atoms with Gasteiger partial charge in [-0.15, -0.1) is 0 Å². The van der Waals surface area contributed by atoms with Crippen molar-refractivity contribution in [1.82, 2.24) is 4.90 Å². The predicted molar refractivity (Wildman–Crippen MR) is 139 cm³/mol. The van der Waals surface area contributed by atoms with Gasteiger partial charge in [-0.2, -0.15) is 0 Å². The molecule has 182 valence electrons. The number of hydrogen-bond donors (Lipinski definition) is 2. The van der Waals surface area contributed by atoms with Crippen molar-refractivity contribution in [1.29, 1.82) is 0 Å². The Hall–Kier alpha value is -4.46. The Labute approximate surface area is 208 Å². The van der Waals surface area contributed by atoms with Gasteiger partial charge in [-0.3, -0.25) is 19.7 Å². The van der Waals surface area contributed by atoms with Gasteiger partial charge in [0, 0.05) is 42.0 Å². The monoisotopic (exact) mass is 482 g/mol. The molecule has 0 saturated carbocycles. The third kappa shape index (κ3) is 4.33. The van der Waals surface area contributed by atoms with Crippen LogP contribution < -0.4 is 10.6 Å². The zero-order chi connectivity index (χ0) is 25.2. The zero-order valence-corrected chi connectivity index (χ0v) is 19.9. The topological polar surface area (TPSA) is 105 Å². The molecule has 1 fully saturated rings. The number of fused-ring (bicyclic) bond motifs is 1. The van der Waals surface area contributed by atoms with Crippen LogP contribution in [0.5, 0.6) is 0 Å². The fraction of sp³-hybridized carbons (Fsp3) is 0.214. The van der Waals surface area contributed by atoms with Crippen LogP contribution in [0.15, 0.2) is 72.8 Å². The lowest BCUT2D eigenvalue weighted by molar-refractivity contribution is -0.384. The van der Waals surface area contributed by atoms with Crippen LogP contribution in [0.1, 0.15) is 48.9 Å². The molecule has 1 saturated heterocycles. The average Bonchev–Trinajstić information content (AvgIpc) is 3.46. The Morgan fingerprint density at radius 2 is 1.83 bits per heavy atom. The highest BCUT2D eigenvalue weighted by Crippen LogP contribution is 2.39. The van der Waals surface area contributed by atoms with E-state index in [0.29, 0.717) is 28.9 Å². The number of rotatable bonds is 7. The van der Waals surface area contributed by atoms with Gasteiger partial charge in [0.2, 0.25) is 5.91 Å². The lowest BCUT2D eigenvalue weighted by atomic mass is 9.99. The molecule has 0 aromatic heterocycles. The minimum atomic E-state index is -0.468. The standard InChI is InChI=1S/C28H26N4O4/c1-2-24(31-16-6-9-25(31)33)18-10-12-20(13-11-18)29-27(19-7-4-3-5-8-19)26-22-17-21(32(35)36)14-15-23(22)30-28(26)34/h3-5,7-8,10-15,17,24,29H,2,6,9,16H2,1H3,(H,30,34)/b27-26-. The van der Waals surface area contributed by atoms with Gasteiger partial charge in [-0.1, -0.05) is 49.4 Å². The van der Waals surface area contributed by atoms with Gasteiger partial charge in [0.15, 0.2) is 0 Å². The van der Waals surface area contributed by atoms with Crippen molar-refractivity contribution in [3.05, 3.63) is 99.6 Å². The summed E-state index contributed by atoms with van der Waals surface area (Å²) in [5.41, 5.74) is 4.44. The number of benzene rings is 3. The third-order valence-electron chi connectivity index (χ3n) is 6.71. The van der Waals surface area contributed by atoms with Crippen LogP contribution in [0.4, 0.5) is 17.1 Å². The molecular formula is C28H26N4O4. The molecule has 3 aromatic carbocycles. The maximum atomic E-state index is 13.1. The lowest BCUT2D eigenvalue weighted by Crippen LogP contribution is -2.29. The number of anilines is 2. The first kappa shape index (κ1) is 23.3. The molecule has 2 aliphatic heterocycles. The van der Waals surface area contributed by atoms with E-state index in [2.05, 4.69) is 17.6 Å². The van der Waals surface area contributed by atoms with E-state index in [1.54, 1.807) is 6.07 Å². The molecule has 2 amide bonds. The van der Waals surface area contributed by atoms with Crippen LogP contribution in [0.25, 0.3) is 11.3 Å². The fourth-order valence-electron chi connectivity index (χ4n) is 4.97. The van der Waals surface area contributed by atoms with Crippen molar-refractivity contribution in [3.8, 4) is 0 Å². The van der Waals surface area contributed by atoms with Crippen LogP contribution in [0, 0.1) is 10.1 Å². The lowest BCUT2D eigenvalue weighted by Gasteiger charge is -2.27. The van der Waals surface area contributed by atoms with E-state index in [1.165, 1.54) is 12.1 Å². The smallest absolute Gasteiger partial charge is 0.270 e. The Bertz CT molecular complexity index is 1370. The third-order valence-corrected chi connectivity index (χ3v) is 6.71. The van der Waals surface area contributed by atoms with Crippen molar-refractivity contribution in [2.75, 3.05) is 17.2 Å². The summed E-state index contributed by atoms with van der Waals surface area (Å²) in [4.78, 5) is 38.2. The van der Waals surface area contributed by atoms with Crippen LogP contribution in [-0.4, -0.2) is 28.2 Å². The number of amides is 2. The number of non-ortho nitro benzene ring substituents is 1. The van der Waals surface area contributed by atoms with Crippen molar-refractivity contribution in [2.45, 2.75) is 32.2 Å². The number of nitrogens with one attached hydrogen (secondary N) is 2. The summed E-state index contributed by atoms with van der Waals surface area (Å²) in [7, 11) is 0. The Morgan fingerprint density at radius 1 is 1.08 bits per heavy atom. The minimum Gasteiger partial charge on any atom is -0.354 e. The van der Waals surface area contributed by atoms with Crippen molar-refractivity contribution in [2.24, 2.45) is 0 Å². The van der Waals surface area contributed by atoms with E-state index in [4.69, 9.17) is 0 Å². The molecule has 2 aliphatic rings. The minimum absolute atomic E-state index is 0.0361. The average molecular weight is 483 g/mol. The number of nitrogens with zero attached hydrogens (tertiary/aromatic N) is 2. The van der Waals surface area contributed by atoms with Gasteiger partial charge < -0.3 is 15.5 Å². The van der Waals surface area contributed by atoms with Gasteiger partial charge in [0.1, 0.15) is 0 Å². The number of carbonyl (C=O) groups is 2. The van der Waals surface area contributed by atoms with Gasteiger partial charge in [0.25, 0.3) is 11.6 Å². The van der Waals surface area contributed by atoms with E-state index in [-0.39, 0.29) is 23.5 Å². The number of likely N-dealkylation sites (tertiary alicyclic amines) is 1. The molecule has 1 unspecified atom stereocenters. The molecule has 2 N–H and O–H groups in total. The Morgan fingerprint density at radius 3 is 2.47 bits per heavy atom. The van der Waals surface area contributed by atoms with Crippen molar-refractivity contribution < 1.29 is 14.5 Å². The van der Waals surface area contributed by atoms with Gasteiger partial charge in [-0.05, 0) is 42.2 Å². The number of hydrogen-bond acceptors (Lipinski definition) is 5. The molecule has 8 nitrogen and oxygen atoms in total. The normalized spacial score (nSPS) is 17.0.